The molecule has 0 aliphatic rings. The van der Waals surface area contributed by atoms with Crippen molar-refractivity contribution in [3.05, 3.63) is 65.5 Å². The van der Waals surface area contributed by atoms with Gasteiger partial charge in [-0.05, 0) is 47.9 Å². The molecule has 0 aliphatic heterocycles. The average molecular weight is 288 g/mol. The molecular formula is C16H14F2N2O. The highest BCUT2D eigenvalue weighted by Gasteiger charge is 2.27. The third-order valence-electron chi connectivity index (χ3n) is 3.40. The minimum absolute atomic E-state index is 0.104. The fourth-order valence-electron chi connectivity index (χ4n) is 2.41. The summed E-state index contributed by atoms with van der Waals surface area (Å²) in [5.74, 6) is -2.46. The Morgan fingerprint density at radius 1 is 1.19 bits per heavy atom. The van der Waals surface area contributed by atoms with Crippen LogP contribution in [0.4, 0.5) is 8.78 Å². The Morgan fingerprint density at radius 2 is 1.90 bits per heavy atom. The predicted octanol–water partition coefficient (Wildman–Crippen LogP) is 3.13. The molecular weight excluding hydrogens is 274 g/mol. The Morgan fingerprint density at radius 3 is 2.52 bits per heavy atom. The maximum absolute atomic E-state index is 14.0. The van der Waals surface area contributed by atoms with E-state index in [1.54, 1.807) is 12.1 Å². The van der Waals surface area contributed by atoms with Crippen molar-refractivity contribution < 1.29 is 13.9 Å². The van der Waals surface area contributed by atoms with Crippen molar-refractivity contribution in [3.8, 4) is 6.07 Å². The number of nitrogens with zero attached hydrogens (tertiary/aromatic N) is 2. The molecule has 0 spiro atoms. The standard InChI is InChI=1S/C16H14F2N2O/c17-12-1-2-16(18)14(9-12)13(5-8-21)15(10-19)11-3-6-20-7-4-11/h1-4,6-7,9,13,15,21H,5,8H2/t13-,15-/m1/s1. The molecule has 0 aliphatic carbocycles. The van der Waals surface area contributed by atoms with Crippen LogP contribution in [0.25, 0.3) is 0 Å². The summed E-state index contributed by atoms with van der Waals surface area (Å²) in [6, 6.07) is 8.60. The lowest BCUT2D eigenvalue weighted by Crippen LogP contribution is -2.14. The van der Waals surface area contributed by atoms with Crippen molar-refractivity contribution in [2.75, 3.05) is 6.61 Å². The minimum atomic E-state index is -0.684. The fraction of sp³-hybridized carbons (Fsp3) is 0.250. The monoisotopic (exact) mass is 288 g/mol. The molecule has 2 rings (SSSR count). The first-order valence-corrected chi connectivity index (χ1v) is 6.52. The van der Waals surface area contributed by atoms with Crippen LogP contribution in [0, 0.1) is 23.0 Å². The number of aliphatic hydroxyl groups is 1. The molecule has 5 heteroatoms. The van der Waals surface area contributed by atoms with E-state index >= 15 is 0 Å². The Kier molecular flexibility index (Phi) is 4.96. The molecule has 0 radical (unpaired) electrons. The number of rotatable bonds is 5. The molecule has 1 heterocycles. The summed E-state index contributed by atoms with van der Waals surface area (Å²) in [6.07, 6.45) is 3.25. The summed E-state index contributed by atoms with van der Waals surface area (Å²) in [5, 5.41) is 18.6. The Hall–Kier alpha value is -2.32. The van der Waals surface area contributed by atoms with Gasteiger partial charge >= 0.3 is 0 Å². The number of hydrogen-bond donors (Lipinski definition) is 1. The van der Waals surface area contributed by atoms with Crippen LogP contribution in [0.2, 0.25) is 0 Å². The van der Waals surface area contributed by atoms with Crippen molar-refractivity contribution in [1.82, 2.24) is 4.98 Å². The molecule has 2 aromatic rings. The van der Waals surface area contributed by atoms with E-state index < -0.39 is 23.5 Å². The topological polar surface area (TPSA) is 56.9 Å². The highest BCUT2D eigenvalue weighted by molar-refractivity contribution is 5.33. The molecule has 0 saturated heterocycles. The summed E-state index contributed by atoms with van der Waals surface area (Å²) in [6.45, 7) is -0.218. The lowest BCUT2D eigenvalue weighted by Gasteiger charge is -2.22. The van der Waals surface area contributed by atoms with Crippen LogP contribution in [0.1, 0.15) is 29.4 Å². The first kappa shape index (κ1) is 15.1. The predicted molar refractivity (Wildman–Crippen MR) is 73.4 cm³/mol. The zero-order chi connectivity index (χ0) is 15.2. The van der Waals surface area contributed by atoms with Gasteiger partial charge in [0.2, 0.25) is 0 Å². The van der Waals surface area contributed by atoms with E-state index in [9.17, 15) is 19.1 Å². The SMILES string of the molecule is N#C[C@H](c1ccncc1)[C@H](CCO)c1cc(F)ccc1F. The number of halogens is 2. The Labute approximate surface area is 121 Å². The van der Waals surface area contributed by atoms with Gasteiger partial charge in [-0.15, -0.1) is 0 Å². The van der Waals surface area contributed by atoms with Gasteiger partial charge in [0.15, 0.2) is 0 Å². The van der Waals surface area contributed by atoms with E-state index in [0.29, 0.717) is 5.56 Å². The number of pyridine rings is 1. The Bertz CT molecular complexity index is 640. The highest BCUT2D eigenvalue weighted by atomic mass is 19.1. The van der Waals surface area contributed by atoms with E-state index in [1.165, 1.54) is 12.4 Å². The third kappa shape index (κ3) is 3.41. The number of nitriles is 1. The number of hydrogen-bond acceptors (Lipinski definition) is 3. The van der Waals surface area contributed by atoms with E-state index in [-0.39, 0.29) is 18.6 Å². The number of aliphatic hydroxyl groups excluding tert-OH is 1. The van der Waals surface area contributed by atoms with E-state index in [1.807, 2.05) is 0 Å². The van der Waals surface area contributed by atoms with Crippen LogP contribution in [0.15, 0.2) is 42.7 Å². The van der Waals surface area contributed by atoms with Crippen LogP contribution >= 0.6 is 0 Å². The molecule has 0 amide bonds. The molecule has 1 N–H and O–H groups in total. The molecule has 21 heavy (non-hydrogen) atoms. The molecule has 3 nitrogen and oxygen atoms in total. The molecule has 108 valence electrons. The second-order valence-electron chi connectivity index (χ2n) is 4.67. The van der Waals surface area contributed by atoms with Crippen LogP contribution in [-0.4, -0.2) is 16.7 Å². The van der Waals surface area contributed by atoms with Crippen LogP contribution in [-0.2, 0) is 0 Å². The maximum Gasteiger partial charge on any atom is 0.126 e. The summed E-state index contributed by atoms with van der Waals surface area (Å²) in [4.78, 5) is 3.88. The van der Waals surface area contributed by atoms with E-state index in [0.717, 1.165) is 18.2 Å². The molecule has 0 saturated carbocycles. The van der Waals surface area contributed by atoms with Gasteiger partial charge in [-0.1, -0.05) is 0 Å². The second kappa shape index (κ2) is 6.91. The lowest BCUT2D eigenvalue weighted by molar-refractivity contribution is 0.270. The number of benzene rings is 1. The normalized spacial score (nSPS) is 13.4. The number of aromatic nitrogens is 1. The van der Waals surface area contributed by atoms with Gasteiger partial charge in [0.25, 0.3) is 0 Å². The van der Waals surface area contributed by atoms with Crippen molar-refractivity contribution in [1.29, 1.82) is 5.26 Å². The van der Waals surface area contributed by atoms with Gasteiger partial charge in [-0.2, -0.15) is 5.26 Å². The molecule has 1 aromatic heterocycles. The highest BCUT2D eigenvalue weighted by Crippen LogP contribution is 2.36. The van der Waals surface area contributed by atoms with Gasteiger partial charge in [0.05, 0.1) is 12.0 Å². The van der Waals surface area contributed by atoms with E-state index in [4.69, 9.17) is 0 Å². The quantitative estimate of drug-likeness (QED) is 0.919. The van der Waals surface area contributed by atoms with Gasteiger partial charge in [0, 0.05) is 24.9 Å². The summed E-state index contributed by atoms with van der Waals surface area (Å²) >= 11 is 0. The van der Waals surface area contributed by atoms with Gasteiger partial charge in [-0.3, -0.25) is 4.98 Å². The third-order valence-corrected chi connectivity index (χ3v) is 3.40. The maximum atomic E-state index is 14.0. The molecule has 1 aromatic carbocycles. The summed E-state index contributed by atoms with van der Waals surface area (Å²) < 4.78 is 27.4. The van der Waals surface area contributed by atoms with Crippen molar-refractivity contribution in [3.63, 3.8) is 0 Å². The minimum Gasteiger partial charge on any atom is -0.396 e. The van der Waals surface area contributed by atoms with Crippen molar-refractivity contribution in [2.24, 2.45) is 0 Å². The van der Waals surface area contributed by atoms with Gasteiger partial charge in [0.1, 0.15) is 11.6 Å². The summed E-state index contributed by atoms with van der Waals surface area (Å²) in [5.41, 5.74) is 0.766. The fourth-order valence-corrected chi connectivity index (χ4v) is 2.41. The molecule has 0 bridgehead atoms. The van der Waals surface area contributed by atoms with Gasteiger partial charge < -0.3 is 5.11 Å². The second-order valence-corrected chi connectivity index (χ2v) is 4.67. The lowest BCUT2D eigenvalue weighted by atomic mass is 9.80. The van der Waals surface area contributed by atoms with Crippen molar-refractivity contribution in [2.45, 2.75) is 18.3 Å². The first-order chi connectivity index (χ1) is 10.2. The Balaban J connectivity index is 2.47. The van der Waals surface area contributed by atoms with Crippen LogP contribution in [0.3, 0.4) is 0 Å². The summed E-state index contributed by atoms with van der Waals surface area (Å²) in [7, 11) is 0. The molecule has 2 atom stereocenters. The van der Waals surface area contributed by atoms with Crippen LogP contribution in [0.5, 0.6) is 0 Å². The van der Waals surface area contributed by atoms with Crippen LogP contribution < -0.4 is 0 Å². The first-order valence-electron chi connectivity index (χ1n) is 6.52. The smallest absolute Gasteiger partial charge is 0.126 e. The van der Waals surface area contributed by atoms with E-state index in [2.05, 4.69) is 11.1 Å². The zero-order valence-electron chi connectivity index (χ0n) is 11.2. The average Bonchev–Trinajstić information content (AvgIpc) is 2.51. The van der Waals surface area contributed by atoms with Crippen molar-refractivity contribution >= 4 is 0 Å². The largest absolute Gasteiger partial charge is 0.396 e. The molecule has 0 fully saturated rings. The van der Waals surface area contributed by atoms with Gasteiger partial charge in [-0.25, -0.2) is 8.78 Å². The molecule has 0 unspecified atom stereocenters. The zero-order valence-corrected chi connectivity index (χ0v) is 11.2.